The van der Waals surface area contributed by atoms with Crippen LogP contribution in [0.1, 0.15) is 82.5 Å². The van der Waals surface area contributed by atoms with Crippen LogP contribution in [0.3, 0.4) is 0 Å². The van der Waals surface area contributed by atoms with E-state index in [0.29, 0.717) is 17.7 Å². The van der Waals surface area contributed by atoms with Crippen molar-refractivity contribution < 1.29 is 23.5 Å². The highest BCUT2D eigenvalue weighted by Crippen LogP contribution is 2.45. The smallest absolute Gasteiger partial charge is 0.253 e. The van der Waals surface area contributed by atoms with Gasteiger partial charge in [0.1, 0.15) is 11.6 Å². The van der Waals surface area contributed by atoms with Crippen molar-refractivity contribution in [2.75, 3.05) is 20.1 Å². The average molecular weight is 592 g/mol. The van der Waals surface area contributed by atoms with E-state index in [-0.39, 0.29) is 30.0 Å². The van der Waals surface area contributed by atoms with Crippen LogP contribution in [0.2, 0.25) is 0 Å². The van der Waals surface area contributed by atoms with E-state index in [1.807, 2.05) is 13.0 Å². The van der Waals surface area contributed by atoms with Crippen LogP contribution in [0.15, 0.2) is 60.7 Å². The number of rotatable bonds is 14. The van der Waals surface area contributed by atoms with Crippen LogP contribution in [0.25, 0.3) is 0 Å². The molecule has 0 bridgehead atoms. The van der Waals surface area contributed by atoms with E-state index in [1.165, 1.54) is 17.7 Å². The van der Waals surface area contributed by atoms with Gasteiger partial charge in [-0.15, -0.1) is 0 Å². The van der Waals surface area contributed by atoms with Crippen LogP contribution >= 0.6 is 0 Å². The Bertz CT molecular complexity index is 1420. The van der Waals surface area contributed by atoms with Crippen molar-refractivity contribution in [1.29, 1.82) is 0 Å². The summed E-state index contributed by atoms with van der Waals surface area (Å²) in [6.45, 7) is 6.75. The van der Waals surface area contributed by atoms with Gasteiger partial charge in [0.05, 0.1) is 12.1 Å². The summed E-state index contributed by atoms with van der Waals surface area (Å²) in [5.41, 5.74) is 3.88. The minimum atomic E-state index is -1.06. The molecule has 0 aromatic heterocycles. The first kappa shape index (κ1) is 32.3. The molecule has 4 rings (SSSR count). The minimum absolute atomic E-state index is 0.0128. The summed E-state index contributed by atoms with van der Waals surface area (Å²) in [4.78, 5) is 28.2. The molecule has 1 fully saturated rings. The maximum absolute atomic E-state index is 14.0. The largest absolute Gasteiger partial charge is 0.390 e. The van der Waals surface area contributed by atoms with Crippen LogP contribution < -0.4 is 10.6 Å². The van der Waals surface area contributed by atoms with E-state index >= 15 is 0 Å². The lowest BCUT2D eigenvalue weighted by Gasteiger charge is -2.28. The van der Waals surface area contributed by atoms with E-state index in [0.717, 1.165) is 49.3 Å². The molecule has 0 heterocycles. The molecule has 3 aromatic rings. The Hall–Kier alpha value is -3.62. The minimum Gasteiger partial charge on any atom is -0.390 e. The number of aliphatic hydroxyl groups excluding tert-OH is 1. The third kappa shape index (κ3) is 8.48. The number of nitrogens with one attached hydrogen (secondary N) is 2. The fourth-order valence-electron chi connectivity index (χ4n) is 5.50. The number of amides is 2. The molecule has 0 unspecified atom stereocenters. The van der Waals surface area contributed by atoms with Gasteiger partial charge in [0.25, 0.3) is 11.8 Å². The summed E-state index contributed by atoms with van der Waals surface area (Å²) >= 11 is 0. The Morgan fingerprint density at radius 3 is 2.33 bits per heavy atom. The molecule has 0 saturated heterocycles. The summed E-state index contributed by atoms with van der Waals surface area (Å²) in [5.74, 6) is -2.11. The molecule has 8 heteroatoms. The fraction of sp³-hybridized carbons (Fsp3) is 0.429. The van der Waals surface area contributed by atoms with Crippen LogP contribution in [0.4, 0.5) is 8.78 Å². The van der Waals surface area contributed by atoms with Gasteiger partial charge in [-0.25, -0.2) is 8.78 Å². The zero-order valence-electron chi connectivity index (χ0n) is 25.6. The van der Waals surface area contributed by atoms with Crippen molar-refractivity contribution in [2.24, 2.45) is 0 Å². The number of carbonyl (C=O) groups excluding carboxylic acids is 2. The molecule has 1 saturated carbocycles. The lowest BCUT2D eigenvalue weighted by Crippen LogP contribution is -2.50. The quantitative estimate of drug-likeness (QED) is 0.225. The summed E-state index contributed by atoms with van der Waals surface area (Å²) in [6, 6.07) is 15.7. The number of aliphatic hydroxyl groups is 1. The predicted octanol–water partition coefficient (Wildman–Crippen LogP) is 5.69. The molecule has 2 atom stereocenters. The Labute approximate surface area is 253 Å². The van der Waals surface area contributed by atoms with Gasteiger partial charge in [0.15, 0.2) is 0 Å². The third-order valence-electron chi connectivity index (χ3n) is 8.23. The van der Waals surface area contributed by atoms with Crippen LogP contribution in [-0.2, 0) is 18.4 Å². The SMILES string of the molecule is CCCCN(C)C(=O)c1cc(C)cc(C(=O)N[C@@H](Cc2cc(F)cc(F)c2)[C@H](O)CNC2(c3cccc(CC)c3)CC2)c1. The summed E-state index contributed by atoms with van der Waals surface area (Å²) in [5, 5.41) is 17.8. The van der Waals surface area contributed by atoms with Crippen molar-refractivity contribution in [3.8, 4) is 0 Å². The van der Waals surface area contributed by atoms with Gasteiger partial charge in [-0.05, 0) is 91.6 Å². The lowest BCUT2D eigenvalue weighted by atomic mass is 9.97. The Morgan fingerprint density at radius 2 is 1.67 bits per heavy atom. The van der Waals surface area contributed by atoms with Crippen molar-refractivity contribution in [3.05, 3.63) is 106 Å². The zero-order chi connectivity index (χ0) is 31.1. The number of hydrogen-bond donors (Lipinski definition) is 3. The Morgan fingerprint density at radius 1 is 0.977 bits per heavy atom. The standard InChI is InChI=1S/C35H43F2N3O3/c1-5-7-13-40(4)34(43)27-15-23(3)14-26(20-27)33(42)39-31(19-25-17-29(36)21-30(37)18-25)32(41)22-38-35(11-12-35)28-10-8-9-24(6-2)16-28/h8-10,14-18,20-21,31-32,38,41H,5-7,11-13,19,22H2,1-4H3,(H,39,42)/t31-,32+/m0/s1. The van der Waals surface area contributed by atoms with Crippen LogP contribution in [0.5, 0.6) is 0 Å². The average Bonchev–Trinajstić information content (AvgIpc) is 3.78. The molecule has 1 aliphatic rings. The van der Waals surface area contributed by atoms with Crippen LogP contribution in [-0.4, -0.2) is 54.1 Å². The molecule has 0 aliphatic heterocycles. The molecule has 2 amide bonds. The van der Waals surface area contributed by atoms with Gasteiger partial charge in [-0.1, -0.05) is 44.5 Å². The number of carbonyl (C=O) groups is 2. The number of aryl methyl sites for hydroxylation is 2. The van der Waals surface area contributed by atoms with Gasteiger partial charge < -0.3 is 20.6 Å². The number of unbranched alkanes of at least 4 members (excludes halogenated alkanes) is 1. The predicted molar refractivity (Wildman–Crippen MR) is 165 cm³/mol. The van der Waals surface area contributed by atoms with Crippen molar-refractivity contribution >= 4 is 11.8 Å². The Kier molecular flexibility index (Phi) is 10.7. The normalized spacial score (nSPS) is 15.0. The molecular formula is C35H43F2N3O3. The zero-order valence-corrected chi connectivity index (χ0v) is 25.6. The third-order valence-corrected chi connectivity index (χ3v) is 8.23. The lowest BCUT2D eigenvalue weighted by molar-refractivity contribution is 0.0793. The van der Waals surface area contributed by atoms with Crippen LogP contribution in [0, 0.1) is 18.6 Å². The maximum atomic E-state index is 14.0. The van der Waals surface area contributed by atoms with Crippen molar-refractivity contribution in [3.63, 3.8) is 0 Å². The molecule has 43 heavy (non-hydrogen) atoms. The fourth-order valence-corrected chi connectivity index (χ4v) is 5.50. The first-order valence-corrected chi connectivity index (χ1v) is 15.2. The molecule has 230 valence electrons. The van der Waals surface area contributed by atoms with Crippen molar-refractivity contribution in [2.45, 2.75) is 77.0 Å². The summed E-state index contributed by atoms with van der Waals surface area (Å²) in [6.07, 6.45) is 3.55. The molecule has 0 radical (unpaired) electrons. The number of benzene rings is 3. The molecule has 3 N–H and O–H groups in total. The number of nitrogens with zero attached hydrogens (tertiary/aromatic N) is 1. The highest BCUT2D eigenvalue weighted by molar-refractivity contribution is 6.00. The molecule has 1 aliphatic carbocycles. The van der Waals surface area contributed by atoms with Gasteiger partial charge in [-0.3, -0.25) is 9.59 Å². The van der Waals surface area contributed by atoms with E-state index in [2.05, 4.69) is 42.7 Å². The molecule has 3 aromatic carbocycles. The molecular weight excluding hydrogens is 548 g/mol. The second-order valence-electron chi connectivity index (χ2n) is 11.8. The second kappa shape index (κ2) is 14.2. The molecule has 0 spiro atoms. The number of hydrogen-bond acceptors (Lipinski definition) is 4. The van der Waals surface area contributed by atoms with E-state index in [4.69, 9.17) is 0 Å². The van der Waals surface area contributed by atoms with Gasteiger partial charge in [0, 0.05) is 42.9 Å². The second-order valence-corrected chi connectivity index (χ2v) is 11.8. The van der Waals surface area contributed by atoms with Gasteiger partial charge in [0.2, 0.25) is 0 Å². The van der Waals surface area contributed by atoms with E-state index < -0.39 is 29.7 Å². The van der Waals surface area contributed by atoms with Gasteiger partial charge >= 0.3 is 0 Å². The van der Waals surface area contributed by atoms with Crippen molar-refractivity contribution in [1.82, 2.24) is 15.5 Å². The summed E-state index contributed by atoms with van der Waals surface area (Å²) < 4.78 is 28.1. The highest BCUT2D eigenvalue weighted by atomic mass is 19.1. The summed E-state index contributed by atoms with van der Waals surface area (Å²) in [7, 11) is 1.74. The molecule has 6 nitrogen and oxygen atoms in total. The first-order chi connectivity index (χ1) is 20.5. The maximum Gasteiger partial charge on any atom is 0.253 e. The van der Waals surface area contributed by atoms with E-state index in [1.54, 1.807) is 30.1 Å². The Balaban J connectivity index is 1.54. The topological polar surface area (TPSA) is 81.7 Å². The number of halogens is 2. The van der Waals surface area contributed by atoms with Gasteiger partial charge in [-0.2, -0.15) is 0 Å². The first-order valence-electron chi connectivity index (χ1n) is 15.2. The van der Waals surface area contributed by atoms with E-state index in [9.17, 15) is 23.5 Å². The monoisotopic (exact) mass is 591 g/mol. The highest BCUT2D eigenvalue weighted by Gasteiger charge is 2.44.